The quantitative estimate of drug-likeness (QED) is 0.0242. The van der Waals surface area contributed by atoms with Crippen LogP contribution in [-0.2, 0) is 122 Å². The van der Waals surface area contributed by atoms with Crippen molar-refractivity contribution in [2.75, 3.05) is 13.4 Å². The van der Waals surface area contributed by atoms with Crippen molar-refractivity contribution in [3.8, 4) is 34.1 Å². The van der Waals surface area contributed by atoms with Crippen LogP contribution in [0.3, 0.4) is 0 Å². The molecule has 0 N–H and O–H groups in total. The van der Waals surface area contributed by atoms with Crippen LogP contribution in [0.25, 0.3) is 34.1 Å². The highest BCUT2D eigenvalue weighted by molar-refractivity contribution is 8.13. The molecule has 1 saturated carbocycles. The molecule has 1 fully saturated rings. The second-order valence-corrected chi connectivity index (χ2v) is 29.4. The Bertz CT molecular complexity index is 6070. The summed E-state index contributed by atoms with van der Waals surface area (Å²) in [6.07, 6.45) is 9.50. The van der Waals surface area contributed by atoms with Gasteiger partial charge in [-0.3, -0.25) is 0 Å². The number of methoxy groups -OCH3 is 1. The molecule has 0 aliphatic heterocycles. The van der Waals surface area contributed by atoms with Gasteiger partial charge in [0, 0.05) is 94.7 Å². The summed E-state index contributed by atoms with van der Waals surface area (Å²) in [6.45, 7) is 26.8. The SMILES string of the molecule is CC(=NOCc1c(C)cccc1-n1nnn(C)c1=O)C1CC1.CC=NOCc1c(CC)cccc1-n1nnn(C)c1=O.CCC(C)=NOCc1c(C)cccc1-n1nnn(C)c1=O.CCCC(C)=NOCc1c(C)cccc1-n1nnn(C)c1=O.COC(C)=NOCc1ccccc1-n1nnn(C)c1=O.CSC(C)=NOCc1c(C)cccc1-n1nnn(C)c1=O. The van der Waals surface area contributed by atoms with Crippen molar-refractivity contribution < 1.29 is 33.8 Å². The van der Waals surface area contributed by atoms with Gasteiger partial charge in [-0.05, 0) is 227 Å². The van der Waals surface area contributed by atoms with Crippen LogP contribution in [0.1, 0.15) is 156 Å². The van der Waals surface area contributed by atoms with E-state index < -0.39 is 0 Å². The summed E-state index contributed by atoms with van der Waals surface area (Å²) in [6, 6.07) is 35.6. The van der Waals surface area contributed by atoms with E-state index in [1.54, 1.807) is 61.4 Å². The molecule has 0 unspecified atom stereocenters. The number of benzene rings is 6. The lowest BCUT2D eigenvalue weighted by atomic mass is 10.0. The number of para-hydroxylation sites is 1. The molecule has 44 heteroatoms. The Balaban J connectivity index is 0.000000187. The Hall–Kier alpha value is -14.5. The van der Waals surface area contributed by atoms with Gasteiger partial charge in [-0.2, -0.15) is 56.2 Å². The van der Waals surface area contributed by atoms with Gasteiger partial charge in [0.25, 0.3) is 0 Å². The normalized spacial score (nSPS) is 12.2. The number of rotatable bonds is 29. The smallest absolute Gasteiger partial charge is 0.368 e. The van der Waals surface area contributed by atoms with E-state index >= 15 is 0 Å². The highest BCUT2D eigenvalue weighted by Crippen LogP contribution is 2.31. The summed E-state index contributed by atoms with van der Waals surface area (Å²) < 4.78 is 19.5. The molecule has 0 amide bonds. The van der Waals surface area contributed by atoms with Gasteiger partial charge < -0.3 is 33.8 Å². The standard InChI is InChI=1S/C15H19N5O2.C15H21N5O2.C14H19N5O2.C13H17N5O2S.C13H17N5O2.C12H15N5O3/c1-10-5-4-6-14(20-15(21)19(3)17-18-20)13(10)9-22-16-11(2)12-7-8-12;1-5-7-12(3)16-22-10-13-11(2)8-6-9-14(13)20-15(21)19(4)17-18-20;1-5-11(3)15-21-9-12-10(2)7-6-8-13(12)19-14(20)18(4)16-17-19;1-9-6-5-7-12(18-13(19)17(3)15-16-18)11(9)8-20-14-10(2)21-4;1-4-10-7-6-8-12(11(10)9-20-14-5-2)18-13(19)17(3)15-16-18;1-9(19-3)13-20-8-10-6-4-5-7-11(10)17-12(18)16(2)14-15-17/h4-6,12H,7-9H2,1-3H3;6,8-9H,5,7,10H2,1-4H3;6-8H,5,9H2,1-4H3;5-7H,8H2,1-4H3;5-8H,4,9H2,1-3H3;4-7H,8H2,1-3H3. The molecule has 670 valence electrons. The van der Waals surface area contributed by atoms with Crippen LogP contribution in [0.4, 0.5) is 0 Å². The minimum absolute atomic E-state index is 0.194. The molecule has 43 nitrogen and oxygen atoms in total. The predicted molar refractivity (Wildman–Crippen MR) is 475 cm³/mol. The van der Waals surface area contributed by atoms with Crippen molar-refractivity contribution in [3.63, 3.8) is 0 Å². The van der Waals surface area contributed by atoms with Gasteiger partial charge in [0.2, 0.25) is 5.90 Å². The third-order valence-electron chi connectivity index (χ3n) is 19.2. The van der Waals surface area contributed by atoms with E-state index in [4.69, 9.17) is 33.8 Å². The highest BCUT2D eigenvalue weighted by Gasteiger charge is 2.26. The summed E-state index contributed by atoms with van der Waals surface area (Å²) in [5.41, 5.74) is 15.3. The lowest BCUT2D eigenvalue weighted by Crippen LogP contribution is -2.23. The third-order valence-corrected chi connectivity index (χ3v) is 19.9. The lowest BCUT2D eigenvalue weighted by Gasteiger charge is -2.11. The molecule has 6 aromatic heterocycles. The van der Waals surface area contributed by atoms with Crippen LogP contribution in [0, 0.1) is 33.6 Å². The molecule has 0 spiro atoms. The van der Waals surface area contributed by atoms with Gasteiger partial charge >= 0.3 is 34.1 Å². The summed E-state index contributed by atoms with van der Waals surface area (Å²) in [4.78, 5) is 104. The van der Waals surface area contributed by atoms with Gasteiger partial charge in [-0.15, -0.1) is 11.8 Å². The van der Waals surface area contributed by atoms with E-state index in [1.807, 2.05) is 185 Å². The van der Waals surface area contributed by atoms with Crippen molar-refractivity contribution >= 4 is 46.1 Å². The number of oxime groups is 6. The van der Waals surface area contributed by atoms with Gasteiger partial charge in [0.15, 0.2) is 0 Å². The van der Waals surface area contributed by atoms with Gasteiger partial charge in [0.1, 0.15) is 44.7 Å². The maximum atomic E-state index is 12.0. The fourth-order valence-electron chi connectivity index (χ4n) is 11.5. The van der Waals surface area contributed by atoms with E-state index in [9.17, 15) is 28.8 Å². The molecule has 0 bridgehead atoms. The van der Waals surface area contributed by atoms with E-state index in [1.165, 1.54) is 90.3 Å². The lowest BCUT2D eigenvalue weighted by molar-refractivity contribution is 0.121. The summed E-state index contributed by atoms with van der Waals surface area (Å²) >= 11 is 1.51. The van der Waals surface area contributed by atoms with E-state index in [2.05, 4.69) is 100 Å². The first-order valence-electron chi connectivity index (χ1n) is 40.0. The Morgan fingerprint density at radius 1 is 0.389 bits per heavy atom. The average molecular weight is 1750 g/mol. The minimum Gasteiger partial charge on any atom is -0.482 e. The van der Waals surface area contributed by atoms with Crippen LogP contribution in [0.2, 0.25) is 0 Å². The minimum atomic E-state index is -0.325. The Labute approximate surface area is 729 Å². The maximum absolute atomic E-state index is 12.0. The molecule has 6 aromatic carbocycles. The highest BCUT2D eigenvalue weighted by atomic mass is 32.2. The van der Waals surface area contributed by atoms with Crippen molar-refractivity contribution in [2.24, 2.45) is 79.1 Å². The van der Waals surface area contributed by atoms with Crippen LogP contribution < -0.4 is 34.1 Å². The Morgan fingerprint density at radius 2 is 0.706 bits per heavy atom. The van der Waals surface area contributed by atoms with Gasteiger partial charge in [0.05, 0.1) is 58.4 Å². The molecule has 0 saturated heterocycles. The average Bonchev–Trinajstić information content (AvgIpc) is 1.66. The van der Waals surface area contributed by atoms with E-state index in [0.29, 0.717) is 52.5 Å². The second-order valence-electron chi connectivity index (χ2n) is 28.4. The summed E-state index contributed by atoms with van der Waals surface area (Å²) in [7, 11) is 10.9. The molecule has 13 rings (SSSR count). The number of nitrogens with zero attached hydrogens (tertiary/aromatic N) is 30. The van der Waals surface area contributed by atoms with E-state index in [0.717, 1.165) is 114 Å². The van der Waals surface area contributed by atoms with Crippen molar-refractivity contribution in [3.05, 3.63) is 239 Å². The molecule has 6 heterocycles. The summed E-state index contributed by atoms with van der Waals surface area (Å²) in [5, 5.41) is 70.2. The number of aromatic nitrogens is 24. The van der Waals surface area contributed by atoms with E-state index in [-0.39, 0.29) is 67.2 Å². The molecule has 0 radical (unpaired) electrons. The summed E-state index contributed by atoms with van der Waals surface area (Å²) in [5.74, 6) is 0.998. The van der Waals surface area contributed by atoms with Crippen LogP contribution in [0.15, 0.2) is 175 Å². The van der Waals surface area contributed by atoms with Crippen molar-refractivity contribution in [2.45, 2.75) is 168 Å². The molecule has 0 atom stereocenters. The molecular formula is C82H108N30O13S. The first kappa shape index (κ1) is 97.0. The molecule has 12 aromatic rings. The first-order valence-corrected chi connectivity index (χ1v) is 41.2. The van der Waals surface area contributed by atoms with Crippen molar-refractivity contribution in [1.82, 2.24) is 119 Å². The maximum Gasteiger partial charge on any atom is 0.368 e. The predicted octanol–water partition coefficient (Wildman–Crippen LogP) is 8.12. The zero-order valence-corrected chi connectivity index (χ0v) is 75.6. The number of aryl methyl sites for hydroxylation is 11. The monoisotopic (exact) mass is 1750 g/mol. The third kappa shape index (κ3) is 26.3. The number of ether oxygens (including phenoxy) is 1. The molecule has 126 heavy (non-hydrogen) atoms. The molecular weight excluding hydrogens is 1650 g/mol. The van der Waals surface area contributed by atoms with Crippen LogP contribution in [0.5, 0.6) is 0 Å². The number of tetrazole rings is 6. The van der Waals surface area contributed by atoms with Gasteiger partial charge in [-0.1, -0.05) is 137 Å². The fourth-order valence-corrected chi connectivity index (χ4v) is 11.7. The zero-order chi connectivity index (χ0) is 91.7. The second kappa shape index (κ2) is 47.8. The van der Waals surface area contributed by atoms with Crippen molar-refractivity contribution in [1.29, 1.82) is 0 Å². The zero-order valence-electron chi connectivity index (χ0n) is 74.7. The topological polar surface area (TPSA) is 455 Å². The first-order chi connectivity index (χ1) is 60.5. The van der Waals surface area contributed by atoms with Crippen LogP contribution in [-0.4, -0.2) is 166 Å². The Morgan fingerprint density at radius 3 is 1.04 bits per heavy atom. The Kier molecular flexibility index (Phi) is 36.8. The van der Waals surface area contributed by atoms with Gasteiger partial charge in [-0.25, -0.2) is 28.8 Å². The molecule has 1 aliphatic rings. The fraction of sp³-hybridized carbons (Fsp3) is 0.415. The molecule has 1 aliphatic carbocycles. The van der Waals surface area contributed by atoms with Crippen LogP contribution >= 0.6 is 11.8 Å². The number of thioether (sulfide) groups is 1. The number of hydrogen-bond acceptors (Lipinski definition) is 32. The number of hydrogen-bond donors (Lipinski definition) is 0. The largest absolute Gasteiger partial charge is 0.482 e.